The van der Waals surface area contributed by atoms with Crippen molar-refractivity contribution in [3.05, 3.63) is 75.6 Å². The van der Waals surface area contributed by atoms with E-state index in [2.05, 4.69) is 51.7 Å². The van der Waals surface area contributed by atoms with Crippen LogP contribution in [0.2, 0.25) is 0 Å². The lowest BCUT2D eigenvalue weighted by molar-refractivity contribution is -0.136. The Morgan fingerprint density at radius 2 is 1.96 bits per heavy atom. The highest BCUT2D eigenvalue weighted by molar-refractivity contribution is 9.10. The van der Waals surface area contributed by atoms with Crippen LogP contribution in [-0.4, -0.2) is 16.1 Å². The van der Waals surface area contributed by atoms with Gasteiger partial charge in [-0.25, -0.2) is 4.98 Å². The van der Waals surface area contributed by atoms with Crippen LogP contribution in [0, 0.1) is 10.4 Å². The molecule has 1 aromatic carbocycles. The second-order valence-corrected chi connectivity index (χ2v) is 6.24. The predicted octanol–water partition coefficient (Wildman–Crippen LogP) is 4.45. The number of carboxylic acid groups (broad SMARTS) is 1. The summed E-state index contributed by atoms with van der Waals surface area (Å²) in [7, 11) is 0. The van der Waals surface area contributed by atoms with Crippen LogP contribution in [-0.2, 0) is 4.79 Å². The molecule has 1 atom stereocenters. The summed E-state index contributed by atoms with van der Waals surface area (Å²) in [4.78, 5) is 14.7. The molecule has 1 N–H and O–H groups in total. The minimum absolute atomic E-state index is 0.0923. The predicted molar refractivity (Wildman–Crippen MR) is 93.1 cm³/mol. The van der Waals surface area contributed by atoms with Crippen molar-refractivity contribution in [3.8, 4) is 11.3 Å². The average Bonchev–Trinajstić information content (AvgIpc) is 3.02. The zero-order valence-electron chi connectivity index (χ0n) is 11.8. The Labute approximate surface area is 146 Å². The fourth-order valence-corrected chi connectivity index (χ4v) is 2.73. The number of hydrogen-bond donors (Lipinski definition) is 2. The van der Waals surface area contributed by atoms with E-state index in [4.69, 9.17) is 9.52 Å². The Bertz CT molecular complexity index is 940. The van der Waals surface area contributed by atoms with Crippen molar-refractivity contribution in [2.75, 3.05) is 0 Å². The Hall–Kier alpha value is -2.05. The van der Waals surface area contributed by atoms with Crippen LogP contribution in [0.15, 0.2) is 63.7 Å². The molecule has 0 saturated heterocycles. The summed E-state index contributed by atoms with van der Waals surface area (Å²) in [5.74, 6) is -0.987. The standard InChI is InChI=1S/C11H9NO3S.C6H3Br/c13-11(14)9(16)10-12-8(6-15-10)7-4-2-1-3-5-7;7-6-3-4-1-2-5(4)6/h1-6,9,16H,(H,13,14);1-3H. The van der Waals surface area contributed by atoms with E-state index in [1.54, 1.807) is 0 Å². The number of aliphatic carboxylic acids is 1. The van der Waals surface area contributed by atoms with Gasteiger partial charge in [-0.15, -0.1) is 0 Å². The van der Waals surface area contributed by atoms with Gasteiger partial charge in [0.2, 0.25) is 5.89 Å². The third kappa shape index (κ3) is 3.33. The Balaban J connectivity index is 0.000000183. The third-order valence-corrected chi connectivity index (χ3v) is 4.44. The first-order chi connectivity index (χ1) is 11.1. The molecule has 0 saturated carbocycles. The highest BCUT2D eigenvalue weighted by Gasteiger charge is 2.20. The summed E-state index contributed by atoms with van der Waals surface area (Å²) in [5, 5.41) is 10.5. The van der Waals surface area contributed by atoms with Crippen molar-refractivity contribution in [1.82, 2.24) is 4.98 Å². The zero-order chi connectivity index (χ0) is 16.4. The number of benzene rings is 2. The molecular weight excluding hydrogens is 378 g/mol. The molecule has 4 nitrogen and oxygen atoms in total. The number of thiol groups is 1. The van der Waals surface area contributed by atoms with Gasteiger partial charge in [0.05, 0.1) is 0 Å². The molecule has 2 aliphatic carbocycles. The van der Waals surface area contributed by atoms with Crippen LogP contribution >= 0.6 is 28.6 Å². The quantitative estimate of drug-likeness (QED) is 0.508. The lowest BCUT2D eigenvalue weighted by atomic mass is 10.1. The van der Waals surface area contributed by atoms with Gasteiger partial charge in [-0.1, -0.05) is 58.4 Å². The van der Waals surface area contributed by atoms with Gasteiger partial charge in [0.25, 0.3) is 0 Å². The van der Waals surface area contributed by atoms with Crippen molar-refractivity contribution in [1.29, 1.82) is 0 Å². The van der Waals surface area contributed by atoms with Gasteiger partial charge in [0, 0.05) is 10.0 Å². The molecule has 23 heavy (non-hydrogen) atoms. The molecule has 0 fully saturated rings. The molecule has 1 aromatic heterocycles. The SMILES string of the molecule is Brc1cc2ccc1=2.O=C(O)C(S)c1nc(-c2ccccc2)co1. The molecule has 0 spiro atoms. The van der Waals surface area contributed by atoms with Gasteiger partial charge in [-0.3, -0.25) is 4.79 Å². The first kappa shape index (κ1) is 15.8. The van der Waals surface area contributed by atoms with Crippen LogP contribution in [0.3, 0.4) is 0 Å². The molecule has 2 aliphatic rings. The molecular formula is C17H12BrNO3S. The van der Waals surface area contributed by atoms with E-state index in [1.165, 1.54) is 21.2 Å². The van der Waals surface area contributed by atoms with Crippen LogP contribution in [0.5, 0.6) is 0 Å². The van der Waals surface area contributed by atoms with E-state index in [0.29, 0.717) is 5.69 Å². The molecule has 0 bridgehead atoms. The van der Waals surface area contributed by atoms with Gasteiger partial charge in [0.1, 0.15) is 12.0 Å². The summed E-state index contributed by atoms with van der Waals surface area (Å²) < 4.78 is 6.33. The maximum absolute atomic E-state index is 10.7. The number of carbonyl (C=O) groups is 1. The van der Waals surface area contributed by atoms with Crippen molar-refractivity contribution < 1.29 is 14.3 Å². The smallest absolute Gasteiger partial charge is 0.325 e. The Morgan fingerprint density at radius 3 is 2.39 bits per heavy atom. The minimum Gasteiger partial charge on any atom is -0.480 e. The first-order valence-corrected chi connectivity index (χ1v) is 8.09. The highest BCUT2D eigenvalue weighted by Crippen LogP contribution is 2.24. The summed E-state index contributed by atoms with van der Waals surface area (Å²) in [6, 6.07) is 15.7. The van der Waals surface area contributed by atoms with E-state index in [1.807, 2.05) is 30.3 Å². The van der Waals surface area contributed by atoms with E-state index in [9.17, 15) is 4.79 Å². The molecule has 0 radical (unpaired) electrons. The molecule has 0 amide bonds. The summed E-state index contributed by atoms with van der Waals surface area (Å²) >= 11 is 7.25. The monoisotopic (exact) mass is 389 g/mol. The van der Waals surface area contributed by atoms with Crippen molar-refractivity contribution in [2.24, 2.45) is 0 Å². The molecule has 1 heterocycles. The third-order valence-electron chi connectivity index (χ3n) is 3.34. The molecule has 0 aliphatic heterocycles. The maximum Gasteiger partial charge on any atom is 0.325 e. The van der Waals surface area contributed by atoms with Gasteiger partial charge in [0.15, 0.2) is 5.25 Å². The van der Waals surface area contributed by atoms with Crippen LogP contribution in [0.25, 0.3) is 11.3 Å². The van der Waals surface area contributed by atoms with Crippen molar-refractivity contribution >= 4 is 34.5 Å². The molecule has 4 rings (SSSR count). The van der Waals surface area contributed by atoms with E-state index >= 15 is 0 Å². The molecule has 1 unspecified atom stereocenters. The normalized spacial score (nSPS) is 12.1. The van der Waals surface area contributed by atoms with Gasteiger partial charge in [-0.05, 0) is 16.5 Å². The average molecular weight is 390 g/mol. The Kier molecular flexibility index (Phi) is 4.54. The van der Waals surface area contributed by atoms with Gasteiger partial charge in [-0.2, -0.15) is 12.6 Å². The van der Waals surface area contributed by atoms with E-state index in [-0.39, 0.29) is 5.89 Å². The fourth-order valence-electron chi connectivity index (χ4n) is 2.00. The largest absolute Gasteiger partial charge is 0.480 e. The number of carboxylic acids is 1. The lowest BCUT2D eigenvalue weighted by Crippen LogP contribution is -2.05. The number of hydrogen-bond acceptors (Lipinski definition) is 4. The Morgan fingerprint density at radius 1 is 1.22 bits per heavy atom. The summed E-state index contributed by atoms with van der Waals surface area (Å²) in [6.07, 6.45) is 1.43. The fraction of sp³-hybridized carbons (Fsp3) is 0.0588. The number of oxazole rings is 1. The summed E-state index contributed by atoms with van der Waals surface area (Å²) in [6.45, 7) is 0. The topological polar surface area (TPSA) is 63.3 Å². The first-order valence-electron chi connectivity index (χ1n) is 6.78. The zero-order valence-corrected chi connectivity index (χ0v) is 14.3. The summed E-state index contributed by atoms with van der Waals surface area (Å²) in [5.41, 5.74) is 1.49. The number of aromatic nitrogens is 1. The van der Waals surface area contributed by atoms with E-state index < -0.39 is 11.2 Å². The molecule has 6 heteroatoms. The second-order valence-electron chi connectivity index (χ2n) is 4.87. The second kappa shape index (κ2) is 6.60. The lowest BCUT2D eigenvalue weighted by Gasteiger charge is -2.02. The van der Waals surface area contributed by atoms with Crippen molar-refractivity contribution in [2.45, 2.75) is 5.25 Å². The minimum atomic E-state index is -1.08. The van der Waals surface area contributed by atoms with Gasteiger partial charge >= 0.3 is 5.97 Å². The van der Waals surface area contributed by atoms with Crippen molar-refractivity contribution in [3.63, 3.8) is 0 Å². The molecule has 116 valence electrons. The number of rotatable bonds is 3. The highest BCUT2D eigenvalue weighted by atomic mass is 79.9. The van der Waals surface area contributed by atoms with E-state index in [0.717, 1.165) is 5.56 Å². The van der Waals surface area contributed by atoms with Crippen LogP contribution in [0.4, 0.5) is 0 Å². The molecule has 2 aromatic rings. The number of nitrogens with zero attached hydrogens (tertiary/aromatic N) is 1. The van der Waals surface area contributed by atoms with Crippen LogP contribution in [0.1, 0.15) is 11.1 Å². The maximum atomic E-state index is 10.7. The number of halogens is 1. The van der Waals surface area contributed by atoms with Gasteiger partial charge < -0.3 is 9.52 Å². The van der Waals surface area contributed by atoms with Crippen LogP contribution < -0.4 is 0 Å².